The summed E-state index contributed by atoms with van der Waals surface area (Å²) in [6, 6.07) is 0. The van der Waals surface area contributed by atoms with Gasteiger partial charge >= 0.3 is 5.97 Å². The lowest BCUT2D eigenvalue weighted by molar-refractivity contribution is -0.156. The standard InChI is InChI=1S/C10H20N2O5/c1-10(16,9(14)15)7-11-4-3-8(13)12-5-6-17-2/h11,16H,3-7H2,1-2H3,(H,12,13)(H,14,15). The number of methoxy groups -OCH3 is 1. The van der Waals surface area contributed by atoms with E-state index < -0.39 is 11.6 Å². The lowest BCUT2D eigenvalue weighted by Crippen LogP contribution is -2.45. The maximum absolute atomic E-state index is 11.2. The minimum absolute atomic E-state index is 0.103. The third-order valence-electron chi connectivity index (χ3n) is 2.09. The monoisotopic (exact) mass is 248 g/mol. The largest absolute Gasteiger partial charge is 0.479 e. The molecule has 0 rings (SSSR count). The fraction of sp³-hybridized carbons (Fsp3) is 0.800. The van der Waals surface area contributed by atoms with E-state index in [0.717, 1.165) is 0 Å². The van der Waals surface area contributed by atoms with Crippen LogP contribution in [0.1, 0.15) is 13.3 Å². The zero-order valence-corrected chi connectivity index (χ0v) is 10.2. The van der Waals surface area contributed by atoms with Crippen LogP contribution in [0.25, 0.3) is 0 Å². The highest BCUT2D eigenvalue weighted by atomic mass is 16.5. The van der Waals surface area contributed by atoms with Gasteiger partial charge in [-0.25, -0.2) is 4.79 Å². The molecule has 0 aliphatic carbocycles. The number of hydrogen-bond donors (Lipinski definition) is 4. The third kappa shape index (κ3) is 7.67. The van der Waals surface area contributed by atoms with E-state index in [9.17, 15) is 14.7 Å². The van der Waals surface area contributed by atoms with Crippen LogP contribution in [0, 0.1) is 0 Å². The minimum atomic E-state index is -1.81. The van der Waals surface area contributed by atoms with Gasteiger partial charge in [0.15, 0.2) is 5.60 Å². The van der Waals surface area contributed by atoms with Crippen LogP contribution >= 0.6 is 0 Å². The molecule has 0 saturated carbocycles. The molecule has 0 aliphatic rings. The highest BCUT2D eigenvalue weighted by Crippen LogP contribution is 2.00. The predicted octanol–water partition coefficient (Wildman–Crippen LogP) is -1.44. The lowest BCUT2D eigenvalue weighted by Gasteiger charge is -2.18. The number of carboxylic acid groups (broad SMARTS) is 1. The molecule has 0 saturated heterocycles. The molecule has 0 spiro atoms. The van der Waals surface area contributed by atoms with E-state index >= 15 is 0 Å². The molecule has 1 atom stereocenters. The number of carbonyl (C=O) groups excluding carboxylic acids is 1. The van der Waals surface area contributed by atoms with Gasteiger partial charge in [0.1, 0.15) is 0 Å². The van der Waals surface area contributed by atoms with Crippen molar-refractivity contribution in [3.05, 3.63) is 0 Å². The highest BCUT2D eigenvalue weighted by Gasteiger charge is 2.28. The predicted molar refractivity (Wildman–Crippen MR) is 60.6 cm³/mol. The minimum Gasteiger partial charge on any atom is -0.479 e. The zero-order chi connectivity index (χ0) is 13.3. The van der Waals surface area contributed by atoms with Gasteiger partial charge in [0.25, 0.3) is 0 Å². The Kier molecular flexibility index (Phi) is 7.44. The number of hydrogen-bond acceptors (Lipinski definition) is 5. The van der Waals surface area contributed by atoms with Crippen LogP contribution in [-0.4, -0.2) is 61.0 Å². The molecule has 4 N–H and O–H groups in total. The number of carboxylic acids is 1. The Bertz CT molecular complexity index is 255. The Morgan fingerprint density at radius 2 is 2.00 bits per heavy atom. The molecule has 100 valence electrons. The Balaban J connectivity index is 3.57. The van der Waals surface area contributed by atoms with Crippen molar-refractivity contribution in [3.8, 4) is 0 Å². The fourth-order valence-electron chi connectivity index (χ4n) is 0.990. The molecular formula is C10H20N2O5. The van der Waals surface area contributed by atoms with Gasteiger partial charge in [0, 0.05) is 33.2 Å². The van der Waals surface area contributed by atoms with Crippen LogP contribution in [0.3, 0.4) is 0 Å². The Morgan fingerprint density at radius 3 is 2.53 bits per heavy atom. The van der Waals surface area contributed by atoms with E-state index in [2.05, 4.69) is 10.6 Å². The van der Waals surface area contributed by atoms with Crippen molar-refractivity contribution in [2.75, 3.05) is 33.4 Å². The number of aliphatic carboxylic acids is 1. The summed E-state index contributed by atoms with van der Waals surface area (Å²) in [6.45, 7) is 2.30. The molecule has 0 aliphatic heterocycles. The van der Waals surface area contributed by atoms with Gasteiger partial charge in [-0.1, -0.05) is 0 Å². The Labute approximate surface area is 100 Å². The first kappa shape index (κ1) is 15.8. The summed E-state index contributed by atoms with van der Waals surface area (Å²) in [5, 5.41) is 23.3. The molecule has 1 unspecified atom stereocenters. The van der Waals surface area contributed by atoms with Crippen LogP contribution in [0.4, 0.5) is 0 Å². The highest BCUT2D eigenvalue weighted by molar-refractivity contribution is 5.77. The molecule has 0 heterocycles. The topological polar surface area (TPSA) is 108 Å². The first-order valence-electron chi connectivity index (χ1n) is 5.32. The number of rotatable bonds is 9. The van der Waals surface area contributed by atoms with Gasteiger partial charge in [-0.05, 0) is 6.92 Å². The molecule has 7 heteroatoms. The molecule has 7 nitrogen and oxygen atoms in total. The van der Waals surface area contributed by atoms with Crippen LogP contribution < -0.4 is 10.6 Å². The summed E-state index contributed by atoms with van der Waals surface area (Å²) >= 11 is 0. The van der Waals surface area contributed by atoms with E-state index in [1.165, 1.54) is 6.92 Å². The maximum Gasteiger partial charge on any atom is 0.336 e. The van der Waals surface area contributed by atoms with Gasteiger partial charge in [-0.15, -0.1) is 0 Å². The average Bonchev–Trinajstić information content (AvgIpc) is 2.24. The first-order valence-corrected chi connectivity index (χ1v) is 5.32. The van der Waals surface area contributed by atoms with E-state index in [0.29, 0.717) is 19.7 Å². The SMILES string of the molecule is COCCNC(=O)CCNCC(C)(O)C(=O)O. The summed E-state index contributed by atoms with van der Waals surface area (Å²) < 4.78 is 4.76. The van der Waals surface area contributed by atoms with Crippen molar-refractivity contribution in [2.45, 2.75) is 18.9 Å². The molecule has 0 aromatic rings. The number of nitrogens with one attached hydrogen (secondary N) is 2. The van der Waals surface area contributed by atoms with E-state index in [1.54, 1.807) is 7.11 Å². The Hall–Kier alpha value is -1.18. The van der Waals surface area contributed by atoms with Gasteiger partial charge in [0.05, 0.1) is 6.61 Å². The molecule has 0 radical (unpaired) electrons. The smallest absolute Gasteiger partial charge is 0.336 e. The quantitative estimate of drug-likeness (QED) is 0.372. The van der Waals surface area contributed by atoms with Crippen LogP contribution in [0.5, 0.6) is 0 Å². The number of ether oxygens (including phenoxy) is 1. The van der Waals surface area contributed by atoms with Crippen molar-refractivity contribution in [3.63, 3.8) is 0 Å². The van der Waals surface area contributed by atoms with Gasteiger partial charge in [0.2, 0.25) is 5.91 Å². The zero-order valence-electron chi connectivity index (χ0n) is 10.2. The van der Waals surface area contributed by atoms with Gasteiger partial charge in [-0.3, -0.25) is 4.79 Å². The molecule has 0 aromatic heterocycles. The van der Waals surface area contributed by atoms with Crippen molar-refractivity contribution in [2.24, 2.45) is 0 Å². The van der Waals surface area contributed by atoms with Gasteiger partial charge < -0.3 is 25.6 Å². The fourth-order valence-corrected chi connectivity index (χ4v) is 0.990. The van der Waals surface area contributed by atoms with E-state index in [1.807, 2.05) is 0 Å². The normalized spacial score (nSPS) is 14.1. The van der Waals surface area contributed by atoms with Crippen molar-refractivity contribution < 1.29 is 24.5 Å². The lowest BCUT2D eigenvalue weighted by atomic mass is 10.1. The number of aliphatic hydroxyl groups is 1. The van der Waals surface area contributed by atoms with Crippen molar-refractivity contribution in [1.82, 2.24) is 10.6 Å². The number of amides is 1. The second-order valence-corrected chi connectivity index (χ2v) is 3.85. The summed E-state index contributed by atoms with van der Waals surface area (Å²) in [5.41, 5.74) is -1.81. The van der Waals surface area contributed by atoms with Crippen molar-refractivity contribution >= 4 is 11.9 Å². The molecule has 0 bridgehead atoms. The van der Waals surface area contributed by atoms with Crippen molar-refractivity contribution in [1.29, 1.82) is 0 Å². The van der Waals surface area contributed by atoms with Crippen LogP contribution in [-0.2, 0) is 14.3 Å². The Morgan fingerprint density at radius 1 is 1.35 bits per heavy atom. The second-order valence-electron chi connectivity index (χ2n) is 3.85. The van der Waals surface area contributed by atoms with Gasteiger partial charge in [-0.2, -0.15) is 0 Å². The average molecular weight is 248 g/mol. The maximum atomic E-state index is 11.2. The van der Waals surface area contributed by atoms with Crippen LogP contribution in [0.15, 0.2) is 0 Å². The molecular weight excluding hydrogens is 228 g/mol. The number of carbonyl (C=O) groups is 2. The van der Waals surface area contributed by atoms with E-state index in [4.69, 9.17) is 9.84 Å². The van der Waals surface area contributed by atoms with Crippen LogP contribution in [0.2, 0.25) is 0 Å². The molecule has 17 heavy (non-hydrogen) atoms. The second kappa shape index (κ2) is 7.99. The van der Waals surface area contributed by atoms with E-state index in [-0.39, 0.29) is 18.9 Å². The summed E-state index contributed by atoms with van der Waals surface area (Å²) in [5.74, 6) is -1.45. The first-order chi connectivity index (χ1) is 7.90. The summed E-state index contributed by atoms with van der Waals surface area (Å²) in [7, 11) is 1.54. The molecule has 0 aromatic carbocycles. The molecule has 0 fully saturated rings. The third-order valence-corrected chi connectivity index (χ3v) is 2.09. The summed E-state index contributed by atoms with van der Waals surface area (Å²) in [4.78, 5) is 21.7. The molecule has 1 amide bonds. The summed E-state index contributed by atoms with van der Waals surface area (Å²) in [6.07, 6.45) is 0.222.